The lowest BCUT2D eigenvalue weighted by Crippen LogP contribution is -2.16. The third-order valence-corrected chi connectivity index (χ3v) is 2.23. The van der Waals surface area contributed by atoms with E-state index >= 15 is 0 Å². The van der Waals surface area contributed by atoms with Crippen molar-refractivity contribution >= 4 is 0 Å². The summed E-state index contributed by atoms with van der Waals surface area (Å²) in [6.07, 6.45) is 4.45. The van der Waals surface area contributed by atoms with Crippen LogP contribution in [0.25, 0.3) is 0 Å². The van der Waals surface area contributed by atoms with Crippen molar-refractivity contribution in [1.82, 2.24) is 14.8 Å². The minimum atomic E-state index is 0.312. The third kappa shape index (κ3) is 2.08. The van der Waals surface area contributed by atoms with Gasteiger partial charge < -0.3 is 4.57 Å². The molecular weight excluding hydrogens is 162 g/mol. The van der Waals surface area contributed by atoms with Crippen LogP contribution in [0.5, 0.6) is 0 Å². The first-order valence-electron chi connectivity index (χ1n) is 4.94. The Bertz CT molecular complexity index is 291. The molecule has 1 aromatic heterocycles. The van der Waals surface area contributed by atoms with Crippen molar-refractivity contribution in [2.24, 2.45) is 5.41 Å². The molecule has 0 N–H and O–H groups in total. The molecule has 72 valence electrons. The van der Waals surface area contributed by atoms with Crippen LogP contribution in [0.2, 0.25) is 0 Å². The summed E-state index contributed by atoms with van der Waals surface area (Å²) in [7, 11) is 0. The highest BCUT2D eigenvalue weighted by Crippen LogP contribution is 2.39. The fraction of sp³-hybridized carbons (Fsp3) is 0.800. The molecular formula is C10H17N3. The van der Waals surface area contributed by atoms with Crippen LogP contribution in [0.15, 0.2) is 6.33 Å². The van der Waals surface area contributed by atoms with E-state index in [0.29, 0.717) is 11.3 Å². The van der Waals surface area contributed by atoms with Crippen LogP contribution in [-0.4, -0.2) is 14.8 Å². The standard InChI is InChI=1S/C10H17N3/c1-10(2,3)6-13-7-11-12-9(13)8-4-5-8/h7-8H,4-6H2,1-3H3. The average Bonchev–Trinajstić information content (AvgIpc) is 2.72. The van der Waals surface area contributed by atoms with Gasteiger partial charge in [-0.2, -0.15) is 0 Å². The SMILES string of the molecule is CC(C)(C)Cn1cnnc1C1CC1. The Kier molecular flexibility index (Phi) is 1.90. The van der Waals surface area contributed by atoms with E-state index < -0.39 is 0 Å². The Balaban J connectivity index is 2.15. The molecule has 1 fully saturated rings. The molecule has 0 unspecified atom stereocenters. The maximum Gasteiger partial charge on any atom is 0.135 e. The summed E-state index contributed by atoms with van der Waals surface area (Å²) >= 11 is 0. The van der Waals surface area contributed by atoms with Gasteiger partial charge in [0.1, 0.15) is 12.2 Å². The van der Waals surface area contributed by atoms with Crippen molar-refractivity contribution in [2.75, 3.05) is 0 Å². The monoisotopic (exact) mass is 179 g/mol. The van der Waals surface area contributed by atoms with Crippen LogP contribution in [0.4, 0.5) is 0 Å². The van der Waals surface area contributed by atoms with Crippen LogP contribution in [-0.2, 0) is 6.54 Å². The molecule has 0 saturated heterocycles. The molecule has 0 bridgehead atoms. The van der Waals surface area contributed by atoms with E-state index in [2.05, 4.69) is 35.5 Å². The quantitative estimate of drug-likeness (QED) is 0.696. The summed E-state index contributed by atoms with van der Waals surface area (Å²) in [6, 6.07) is 0. The molecule has 3 heteroatoms. The van der Waals surface area contributed by atoms with Gasteiger partial charge in [-0.25, -0.2) is 0 Å². The van der Waals surface area contributed by atoms with E-state index in [4.69, 9.17) is 0 Å². The fourth-order valence-electron chi connectivity index (χ4n) is 1.55. The summed E-state index contributed by atoms with van der Waals surface area (Å²) in [4.78, 5) is 0. The molecule has 13 heavy (non-hydrogen) atoms. The average molecular weight is 179 g/mol. The molecule has 0 spiro atoms. The second-order valence-electron chi connectivity index (χ2n) is 5.15. The molecule has 0 aromatic carbocycles. The van der Waals surface area contributed by atoms with Gasteiger partial charge in [-0.15, -0.1) is 10.2 Å². The zero-order valence-electron chi connectivity index (χ0n) is 8.62. The smallest absolute Gasteiger partial charge is 0.135 e. The van der Waals surface area contributed by atoms with Crippen molar-refractivity contribution < 1.29 is 0 Å². The highest BCUT2D eigenvalue weighted by molar-refractivity contribution is 5.04. The van der Waals surface area contributed by atoms with Gasteiger partial charge in [0.25, 0.3) is 0 Å². The lowest BCUT2D eigenvalue weighted by molar-refractivity contribution is 0.337. The van der Waals surface area contributed by atoms with Crippen molar-refractivity contribution in [3.8, 4) is 0 Å². The fourth-order valence-corrected chi connectivity index (χ4v) is 1.55. The van der Waals surface area contributed by atoms with Gasteiger partial charge >= 0.3 is 0 Å². The summed E-state index contributed by atoms with van der Waals surface area (Å²) in [5.74, 6) is 1.89. The first-order valence-corrected chi connectivity index (χ1v) is 4.94. The minimum absolute atomic E-state index is 0.312. The highest BCUT2D eigenvalue weighted by Gasteiger charge is 2.29. The number of rotatable bonds is 2. The van der Waals surface area contributed by atoms with Crippen LogP contribution in [0.1, 0.15) is 45.4 Å². The van der Waals surface area contributed by atoms with Gasteiger partial charge in [0.2, 0.25) is 0 Å². The number of aromatic nitrogens is 3. The Labute approximate surface area is 79.2 Å². The molecule has 0 atom stereocenters. The number of hydrogen-bond acceptors (Lipinski definition) is 2. The minimum Gasteiger partial charge on any atom is -0.317 e. The lowest BCUT2D eigenvalue weighted by Gasteiger charge is -2.19. The van der Waals surface area contributed by atoms with Crippen LogP contribution >= 0.6 is 0 Å². The Morgan fingerprint density at radius 3 is 2.69 bits per heavy atom. The summed E-state index contributed by atoms with van der Waals surface area (Å²) < 4.78 is 2.21. The highest BCUT2D eigenvalue weighted by atomic mass is 15.3. The van der Waals surface area contributed by atoms with Gasteiger partial charge in [-0.05, 0) is 18.3 Å². The second-order valence-corrected chi connectivity index (χ2v) is 5.15. The molecule has 1 aliphatic carbocycles. The predicted molar refractivity (Wildman–Crippen MR) is 51.5 cm³/mol. The zero-order valence-corrected chi connectivity index (χ0v) is 8.62. The Morgan fingerprint density at radius 2 is 2.15 bits per heavy atom. The maximum atomic E-state index is 4.18. The van der Waals surface area contributed by atoms with Crippen molar-refractivity contribution in [2.45, 2.75) is 46.1 Å². The van der Waals surface area contributed by atoms with Crippen molar-refractivity contribution in [3.05, 3.63) is 12.2 Å². The molecule has 1 aliphatic rings. The van der Waals surface area contributed by atoms with Gasteiger partial charge in [0.05, 0.1) is 0 Å². The zero-order chi connectivity index (χ0) is 9.47. The van der Waals surface area contributed by atoms with E-state index in [9.17, 15) is 0 Å². The molecule has 1 aromatic rings. The summed E-state index contributed by atoms with van der Waals surface area (Å²) in [5, 5.41) is 8.16. The van der Waals surface area contributed by atoms with Gasteiger partial charge in [0, 0.05) is 12.5 Å². The van der Waals surface area contributed by atoms with Gasteiger partial charge in [-0.3, -0.25) is 0 Å². The summed E-state index contributed by atoms with van der Waals surface area (Å²) in [6.45, 7) is 7.74. The van der Waals surface area contributed by atoms with Crippen LogP contribution < -0.4 is 0 Å². The molecule has 0 aliphatic heterocycles. The second kappa shape index (κ2) is 2.82. The third-order valence-electron chi connectivity index (χ3n) is 2.23. The lowest BCUT2D eigenvalue weighted by atomic mass is 9.97. The van der Waals surface area contributed by atoms with Gasteiger partial charge in [0.15, 0.2) is 0 Å². The molecule has 0 radical (unpaired) electrons. The van der Waals surface area contributed by atoms with E-state index in [1.54, 1.807) is 0 Å². The van der Waals surface area contributed by atoms with Crippen molar-refractivity contribution in [3.63, 3.8) is 0 Å². The Morgan fingerprint density at radius 1 is 1.46 bits per heavy atom. The van der Waals surface area contributed by atoms with Gasteiger partial charge in [-0.1, -0.05) is 20.8 Å². The maximum absolute atomic E-state index is 4.18. The van der Waals surface area contributed by atoms with E-state index in [1.807, 2.05) is 6.33 Å². The van der Waals surface area contributed by atoms with Crippen LogP contribution in [0.3, 0.4) is 0 Å². The molecule has 2 rings (SSSR count). The Hall–Kier alpha value is -0.860. The largest absolute Gasteiger partial charge is 0.317 e. The van der Waals surface area contributed by atoms with E-state index in [-0.39, 0.29) is 0 Å². The van der Waals surface area contributed by atoms with Crippen molar-refractivity contribution in [1.29, 1.82) is 0 Å². The number of hydrogen-bond donors (Lipinski definition) is 0. The first kappa shape index (κ1) is 8.73. The molecule has 3 nitrogen and oxygen atoms in total. The van der Waals surface area contributed by atoms with Crippen LogP contribution in [0, 0.1) is 5.41 Å². The summed E-state index contributed by atoms with van der Waals surface area (Å²) in [5.41, 5.74) is 0.312. The first-order chi connectivity index (χ1) is 6.06. The molecule has 0 amide bonds. The molecule has 1 heterocycles. The van der Waals surface area contributed by atoms with E-state index in [0.717, 1.165) is 6.54 Å². The normalized spacial score (nSPS) is 17.8. The predicted octanol–water partition coefficient (Wildman–Crippen LogP) is 2.20. The topological polar surface area (TPSA) is 30.7 Å². The van der Waals surface area contributed by atoms with E-state index in [1.165, 1.54) is 18.7 Å². The molecule has 1 saturated carbocycles. The number of nitrogens with zero attached hydrogens (tertiary/aromatic N) is 3.